The van der Waals surface area contributed by atoms with Crippen molar-refractivity contribution in [3.05, 3.63) is 54.6 Å². The number of methoxy groups -OCH3 is 1. The van der Waals surface area contributed by atoms with Gasteiger partial charge in [-0.2, -0.15) is 0 Å². The van der Waals surface area contributed by atoms with Crippen LogP contribution in [0.1, 0.15) is 0 Å². The molecule has 0 amide bonds. The molecular weight excluding hydrogens is 270 g/mol. The summed E-state index contributed by atoms with van der Waals surface area (Å²) < 4.78 is 7.28. The fourth-order valence-corrected chi connectivity index (χ4v) is 2.76. The van der Waals surface area contributed by atoms with Gasteiger partial charge in [-0.25, -0.2) is 0 Å². The molecule has 0 bridgehead atoms. The standard InChI is InChI=1S/C15H13N3OS/c1-19-13-9-5-6-11(10-13)14-17-15(16)20-18(14)12-7-3-2-4-8-12/h2-10,16H,1H3/p+1. The Morgan fingerprint density at radius 2 is 1.90 bits per heavy atom. The normalized spacial score (nSPS) is 10.4. The molecule has 0 saturated heterocycles. The zero-order valence-corrected chi connectivity index (χ0v) is 11.8. The maximum Gasteiger partial charge on any atom is 0.350 e. The predicted octanol–water partition coefficient (Wildman–Crippen LogP) is 2.68. The summed E-state index contributed by atoms with van der Waals surface area (Å²) in [6, 6.07) is 17.8. The molecule has 0 unspecified atom stereocenters. The number of hydrogen-bond donors (Lipinski definition) is 1. The monoisotopic (exact) mass is 284 g/mol. The molecule has 1 aromatic heterocycles. The molecule has 100 valence electrons. The molecule has 2 N–H and O–H groups in total. The average Bonchev–Trinajstić information content (AvgIpc) is 2.90. The molecule has 0 spiro atoms. The highest BCUT2D eigenvalue weighted by Crippen LogP contribution is 2.23. The molecule has 0 atom stereocenters. The number of rotatable bonds is 3. The minimum atomic E-state index is 0.534. The van der Waals surface area contributed by atoms with Crippen molar-refractivity contribution in [1.29, 1.82) is 0 Å². The minimum Gasteiger partial charge on any atom is -0.497 e. The first kappa shape index (κ1) is 12.6. The van der Waals surface area contributed by atoms with Crippen LogP contribution in [0.4, 0.5) is 5.13 Å². The fraction of sp³-hybridized carbons (Fsp3) is 0.0667. The first-order valence-corrected chi connectivity index (χ1v) is 6.94. The SMILES string of the molecule is COc1cccc(-c2nc(N)s[n+]2-c2ccccc2)c1. The van der Waals surface area contributed by atoms with Gasteiger partial charge < -0.3 is 10.5 Å². The van der Waals surface area contributed by atoms with Crippen LogP contribution in [-0.4, -0.2) is 12.1 Å². The Morgan fingerprint density at radius 3 is 2.65 bits per heavy atom. The molecule has 0 saturated carbocycles. The molecular formula is C15H14N3OS+. The second-order valence-electron chi connectivity index (χ2n) is 4.23. The predicted molar refractivity (Wildman–Crippen MR) is 80.0 cm³/mol. The second kappa shape index (κ2) is 5.30. The number of hydrogen-bond acceptors (Lipinski definition) is 4. The fourth-order valence-electron chi connectivity index (χ4n) is 1.99. The largest absolute Gasteiger partial charge is 0.497 e. The third kappa shape index (κ3) is 2.35. The Morgan fingerprint density at radius 1 is 1.10 bits per heavy atom. The number of nitrogens with two attached hydrogens (primary N) is 1. The molecule has 0 aliphatic rings. The van der Waals surface area contributed by atoms with Gasteiger partial charge in [-0.05, 0) is 35.3 Å². The number of ether oxygens (including phenoxy) is 1. The van der Waals surface area contributed by atoms with Gasteiger partial charge in [0.2, 0.25) is 0 Å². The maximum atomic E-state index is 5.88. The van der Waals surface area contributed by atoms with E-state index in [-0.39, 0.29) is 0 Å². The molecule has 3 aromatic rings. The van der Waals surface area contributed by atoms with Crippen LogP contribution in [-0.2, 0) is 0 Å². The van der Waals surface area contributed by atoms with Crippen LogP contribution in [0.5, 0.6) is 5.75 Å². The van der Waals surface area contributed by atoms with Gasteiger partial charge in [0, 0.05) is 0 Å². The van der Waals surface area contributed by atoms with Crippen LogP contribution in [0.15, 0.2) is 54.6 Å². The number of nitrogen functional groups attached to an aromatic ring is 1. The minimum absolute atomic E-state index is 0.534. The Bertz CT molecular complexity index is 725. The van der Waals surface area contributed by atoms with E-state index in [4.69, 9.17) is 10.5 Å². The topological polar surface area (TPSA) is 52.0 Å². The van der Waals surface area contributed by atoms with Crippen LogP contribution >= 0.6 is 11.5 Å². The third-order valence-corrected chi connectivity index (χ3v) is 3.76. The lowest BCUT2D eigenvalue weighted by atomic mass is 10.2. The Hall–Kier alpha value is -2.40. The summed E-state index contributed by atoms with van der Waals surface area (Å²) >= 11 is 1.42. The van der Waals surface area contributed by atoms with E-state index in [1.54, 1.807) is 7.11 Å². The molecule has 3 rings (SSSR count). The quantitative estimate of drug-likeness (QED) is 0.752. The highest BCUT2D eigenvalue weighted by molar-refractivity contribution is 7.05. The molecule has 2 aromatic carbocycles. The van der Waals surface area contributed by atoms with Gasteiger partial charge in [-0.1, -0.05) is 24.3 Å². The van der Waals surface area contributed by atoms with Crippen LogP contribution in [0, 0.1) is 0 Å². The third-order valence-electron chi connectivity index (χ3n) is 2.91. The second-order valence-corrected chi connectivity index (χ2v) is 5.19. The van der Waals surface area contributed by atoms with E-state index >= 15 is 0 Å². The lowest BCUT2D eigenvalue weighted by molar-refractivity contribution is -0.509. The van der Waals surface area contributed by atoms with Crippen molar-refractivity contribution in [2.24, 2.45) is 0 Å². The van der Waals surface area contributed by atoms with Crippen molar-refractivity contribution in [1.82, 2.24) is 4.98 Å². The molecule has 4 nitrogen and oxygen atoms in total. The number of para-hydroxylation sites is 1. The highest BCUT2D eigenvalue weighted by atomic mass is 32.1. The van der Waals surface area contributed by atoms with Gasteiger partial charge >= 0.3 is 11.0 Å². The zero-order valence-electron chi connectivity index (χ0n) is 11.0. The number of aromatic nitrogens is 2. The number of benzene rings is 2. The highest BCUT2D eigenvalue weighted by Gasteiger charge is 2.23. The molecule has 20 heavy (non-hydrogen) atoms. The Balaban J connectivity index is 2.14. The summed E-state index contributed by atoms with van der Waals surface area (Å²) in [5.74, 6) is 1.62. The maximum absolute atomic E-state index is 5.88. The van der Waals surface area contributed by atoms with E-state index in [0.717, 1.165) is 22.8 Å². The van der Waals surface area contributed by atoms with Gasteiger partial charge in [0.1, 0.15) is 23.0 Å². The van der Waals surface area contributed by atoms with Crippen molar-refractivity contribution in [3.63, 3.8) is 0 Å². The Labute approximate surface area is 121 Å². The molecule has 0 aliphatic carbocycles. The molecule has 1 heterocycles. The van der Waals surface area contributed by atoms with E-state index in [1.807, 2.05) is 58.6 Å². The molecule has 5 heteroatoms. The van der Waals surface area contributed by atoms with Crippen LogP contribution in [0.25, 0.3) is 17.1 Å². The van der Waals surface area contributed by atoms with E-state index in [9.17, 15) is 0 Å². The summed E-state index contributed by atoms with van der Waals surface area (Å²) in [7, 11) is 1.65. The van der Waals surface area contributed by atoms with Crippen molar-refractivity contribution >= 4 is 16.7 Å². The molecule has 0 radical (unpaired) electrons. The van der Waals surface area contributed by atoms with Gasteiger partial charge in [-0.3, -0.25) is 0 Å². The zero-order chi connectivity index (χ0) is 13.9. The van der Waals surface area contributed by atoms with E-state index in [0.29, 0.717) is 5.13 Å². The van der Waals surface area contributed by atoms with Crippen molar-refractivity contribution in [2.45, 2.75) is 0 Å². The van der Waals surface area contributed by atoms with Gasteiger partial charge in [-0.15, -0.1) is 3.96 Å². The smallest absolute Gasteiger partial charge is 0.350 e. The van der Waals surface area contributed by atoms with Crippen molar-refractivity contribution in [3.8, 4) is 22.8 Å². The van der Waals surface area contributed by atoms with Crippen LogP contribution < -0.4 is 14.4 Å². The summed E-state index contributed by atoms with van der Waals surface area (Å²) in [6.45, 7) is 0. The lowest BCUT2D eigenvalue weighted by Crippen LogP contribution is -2.27. The molecule has 0 fully saturated rings. The van der Waals surface area contributed by atoms with Crippen LogP contribution in [0.2, 0.25) is 0 Å². The average molecular weight is 284 g/mol. The summed E-state index contributed by atoms with van der Waals surface area (Å²) in [5.41, 5.74) is 7.89. The van der Waals surface area contributed by atoms with E-state index < -0.39 is 0 Å². The van der Waals surface area contributed by atoms with Crippen molar-refractivity contribution < 1.29 is 8.69 Å². The molecule has 0 aliphatic heterocycles. The van der Waals surface area contributed by atoms with Crippen molar-refractivity contribution in [2.75, 3.05) is 12.8 Å². The summed E-state index contributed by atoms with van der Waals surface area (Å²) in [6.07, 6.45) is 0. The first-order valence-electron chi connectivity index (χ1n) is 6.16. The first-order chi connectivity index (χ1) is 9.78. The van der Waals surface area contributed by atoms with Gasteiger partial charge in [0.15, 0.2) is 0 Å². The summed E-state index contributed by atoms with van der Waals surface area (Å²) in [5, 5.41) is 0.534. The van der Waals surface area contributed by atoms with E-state index in [2.05, 4.69) is 4.98 Å². The number of anilines is 1. The lowest BCUT2D eigenvalue weighted by Gasteiger charge is -2.01. The number of nitrogens with zero attached hydrogens (tertiary/aromatic N) is 2. The van der Waals surface area contributed by atoms with Crippen LogP contribution in [0.3, 0.4) is 0 Å². The van der Waals surface area contributed by atoms with E-state index in [1.165, 1.54) is 11.5 Å². The summed E-state index contributed by atoms with van der Waals surface area (Å²) in [4.78, 5) is 4.44. The Kier molecular flexibility index (Phi) is 3.35. The van der Waals surface area contributed by atoms with Gasteiger partial charge in [0.25, 0.3) is 0 Å². The van der Waals surface area contributed by atoms with Gasteiger partial charge in [0.05, 0.1) is 12.7 Å².